The molecule has 0 bridgehead atoms. The second-order valence-electron chi connectivity index (χ2n) is 7.78. The van der Waals surface area contributed by atoms with Crippen molar-refractivity contribution < 1.29 is 18.3 Å². The Morgan fingerprint density at radius 2 is 1.63 bits per heavy atom. The Balaban J connectivity index is 1.73. The number of hydrogen-bond donors (Lipinski definition) is 2. The number of aromatic hydroxyl groups is 1. The Morgan fingerprint density at radius 1 is 0.914 bits per heavy atom. The molecule has 1 aliphatic rings. The van der Waals surface area contributed by atoms with E-state index in [4.69, 9.17) is 0 Å². The zero-order valence-corrected chi connectivity index (χ0v) is 17.9. The predicted octanol–water partition coefficient (Wildman–Crippen LogP) is 4.93. The smallest absolute Gasteiger partial charge is 0.416 e. The number of H-pyrrole nitrogens is 1. The molecule has 35 heavy (non-hydrogen) atoms. The highest BCUT2D eigenvalue weighted by molar-refractivity contribution is 6.39. The van der Waals surface area contributed by atoms with Crippen molar-refractivity contribution in [2.75, 3.05) is 0 Å². The Morgan fingerprint density at radius 3 is 2.37 bits per heavy atom. The van der Waals surface area contributed by atoms with Crippen LogP contribution in [0.2, 0.25) is 0 Å². The molecule has 6 nitrogen and oxygen atoms in total. The summed E-state index contributed by atoms with van der Waals surface area (Å²) in [5.74, 6) is -0.789. The van der Waals surface area contributed by atoms with E-state index >= 15 is 0 Å². The highest BCUT2D eigenvalue weighted by Gasteiger charge is 2.31. The largest absolute Gasteiger partial charge is 0.494 e. The fourth-order valence-corrected chi connectivity index (χ4v) is 3.94. The van der Waals surface area contributed by atoms with Crippen LogP contribution in [-0.2, 0) is 6.18 Å². The lowest BCUT2D eigenvalue weighted by molar-refractivity contribution is -0.137. The van der Waals surface area contributed by atoms with Gasteiger partial charge in [0.15, 0.2) is 0 Å². The van der Waals surface area contributed by atoms with Crippen LogP contribution in [0.3, 0.4) is 0 Å². The van der Waals surface area contributed by atoms with Crippen LogP contribution in [-0.4, -0.2) is 20.4 Å². The number of rotatable bonds is 3. The third-order valence-corrected chi connectivity index (χ3v) is 5.57. The number of halogens is 3. The number of hydrogen-bond acceptors (Lipinski definition) is 4. The molecular formula is C26H16F3N3O3. The third kappa shape index (κ3) is 3.97. The van der Waals surface area contributed by atoms with E-state index in [-0.39, 0.29) is 11.3 Å². The molecule has 2 heterocycles. The second-order valence-corrected chi connectivity index (χ2v) is 7.78. The van der Waals surface area contributed by atoms with Gasteiger partial charge in [-0.15, -0.1) is 0 Å². The van der Waals surface area contributed by atoms with Crippen molar-refractivity contribution in [3.63, 3.8) is 0 Å². The van der Waals surface area contributed by atoms with E-state index in [9.17, 15) is 27.9 Å². The lowest BCUT2D eigenvalue weighted by atomic mass is 9.96. The van der Waals surface area contributed by atoms with Gasteiger partial charge in [-0.1, -0.05) is 54.6 Å². The minimum atomic E-state index is -4.66. The molecule has 4 aromatic rings. The summed E-state index contributed by atoms with van der Waals surface area (Å²) in [5, 5.41) is 10.9. The number of alkyl halides is 3. The van der Waals surface area contributed by atoms with Crippen LogP contribution in [0.15, 0.2) is 93.4 Å². The van der Waals surface area contributed by atoms with E-state index in [2.05, 4.69) is 9.98 Å². The number of nitrogens with one attached hydrogen (secondary N) is 1. The first-order chi connectivity index (χ1) is 16.7. The molecule has 5 rings (SSSR count). The van der Waals surface area contributed by atoms with Crippen LogP contribution >= 0.6 is 0 Å². The zero-order chi connectivity index (χ0) is 24.7. The summed E-state index contributed by atoms with van der Waals surface area (Å²) < 4.78 is 40.3. The highest BCUT2D eigenvalue weighted by atomic mass is 19.4. The molecule has 9 heteroatoms. The number of aromatic nitrogens is 2. The van der Waals surface area contributed by atoms with E-state index in [1.807, 2.05) is 36.4 Å². The first-order valence-corrected chi connectivity index (χ1v) is 10.5. The van der Waals surface area contributed by atoms with Crippen molar-refractivity contribution in [2.45, 2.75) is 6.18 Å². The molecule has 0 saturated heterocycles. The molecule has 0 saturated carbocycles. The normalized spacial score (nSPS) is 14.1. The molecule has 0 atom stereocenters. The molecule has 1 aromatic heterocycles. The number of benzene rings is 3. The van der Waals surface area contributed by atoms with E-state index in [1.54, 1.807) is 18.2 Å². The van der Waals surface area contributed by atoms with Gasteiger partial charge in [0.05, 0.1) is 22.6 Å². The molecule has 0 unspecified atom stereocenters. The van der Waals surface area contributed by atoms with Gasteiger partial charge in [-0.25, -0.2) is 14.4 Å². The van der Waals surface area contributed by atoms with Crippen molar-refractivity contribution in [3.05, 3.63) is 122 Å². The van der Waals surface area contributed by atoms with Gasteiger partial charge in [0.1, 0.15) is 5.56 Å². The van der Waals surface area contributed by atoms with Crippen molar-refractivity contribution in [2.24, 2.45) is 4.99 Å². The average molecular weight is 475 g/mol. The van der Waals surface area contributed by atoms with Crippen molar-refractivity contribution in [1.82, 2.24) is 9.55 Å². The Bertz CT molecular complexity index is 1630. The summed E-state index contributed by atoms with van der Waals surface area (Å²) in [6.07, 6.45) is -3.27. The average Bonchev–Trinajstić information content (AvgIpc) is 3.20. The molecule has 0 aliphatic carbocycles. The molecule has 1 aliphatic heterocycles. The number of nitrogens with zero attached hydrogens (tertiary/aromatic N) is 2. The van der Waals surface area contributed by atoms with Gasteiger partial charge in [0.2, 0.25) is 5.88 Å². The quantitative estimate of drug-likeness (QED) is 0.441. The van der Waals surface area contributed by atoms with Gasteiger partial charge in [-0.3, -0.25) is 9.78 Å². The Kier molecular flexibility index (Phi) is 5.24. The van der Waals surface area contributed by atoms with Gasteiger partial charge in [-0.2, -0.15) is 13.2 Å². The number of fused-ring (bicyclic) bond motifs is 1. The minimum absolute atomic E-state index is 0.248. The van der Waals surface area contributed by atoms with Gasteiger partial charge < -0.3 is 5.11 Å². The maximum absolute atomic E-state index is 13.2. The van der Waals surface area contributed by atoms with E-state index < -0.39 is 28.9 Å². The Hall–Kier alpha value is -4.66. The fraction of sp³-hybridized carbons (Fsp3) is 0.0385. The molecule has 174 valence electrons. The van der Waals surface area contributed by atoms with E-state index in [0.29, 0.717) is 27.1 Å². The second kappa shape index (κ2) is 8.28. The Labute approximate surface area is 196 Å². The summed E-state index contributed by atoms with van der Waals surface area (Å²) in [7, 11) is 0. The number of para-hydroxylation sites is 1. The monoisotopic (exact) mass is 475 g/mol. The van der Waals surface area contributed by atoms with Crippen LogP contribution in [0.1, 0.15) is 22.3 Å². The van der Waals surface area contributed by atoms with Crippen LogP contribution in [0.25, 0.3) is 17.3 Å². The predicted molar refractivity (Wildman–Crippen MR) is 126 cm³/mol. The number of allylic oxidation sites excluding steroid dienone is 1. The third-order valence-electron chi connectivity index (χ3n) is 5.57. The van der Waals surface area contributed by atoms with Gasteiger partial charge in [0, 0.05) is 16.7 Å². The molecular weight excluding hydrogens is 459 g/mol. The zero-order valence-electron chi connectivity index (χ0n) is 17.9. The van der Waals surface area contributed by atoms with Crippen LogP contribution in [0.5, 0.6) is 5.88 Å². The standard InChI is InChI=1S/C26H16F3N3O3/c27-26(28,29)16-9-6-10-17(13-16)32-24(34)20(23(33)31-25(32)35)14-19-18-11-4-5-12-21(18)30-22(19)15-7-2-1-3-8-15/h1-14,34H,(H,31,33,35)/b19-14+. The lowest BCUT2D eigenvalue weighted by Crippen LogP contribution is -2.30. The molecule has 0 fully saturated rings. The summed E-state index contributed by atoms with van der Waals surface area (Å²) >= 11 is 0. The molecule has 0 radical (unpaired) electrons. The van der Waals surface area contributed by atoms with Crippen LogP contribution in [0, 0.1) is 0 Å². The van der Waals surface area contributed by atoms with E-state index in [0.717, 1.165) is 23.8 Å². The topological polar surface area (TPSA) is 87.5 Å². The van der Waals surface area contributed by atoms with Crippen LogP contribution < -0.4 is 11.2 Å². The lowest BCUT2D eigenvalue weighted by Gasteiger charge is -2.13. The number of aliphatic imine (C=N–C) groups is 1. The molecule has 3 aromatic carbocycles. The van der Waals surface area contributed by atoms with E-state index in [1.165, 1.54) is 12.1 Å². The number of aromatic amines is 1. The molecule has 0 amide bonds. The van der Waals surface area contributed by atoms with Gasteiger partial charge >= 0.3 is 11.9 Å². The molecule has 2 N–H and O–H groups in total. The summed E-state index contributed by atoms with van der Waals surface area (Å²) in [6.45, 7) is 0. The van der Waals surface area contributed by atoms with Gasteiger partial charge in [-0.05, 0) is 30.3 Å². The highest BCUT2D eigenvalue weighted by Crippen LogP contribution is 2.38. The summed E-state index contributed by atoms with van der Waals surface area (Å²) in [5.41, 5.74) is -0.337. The molecule has 0 spiro atoms. The van der Waals surface area contributed by atoms with Gasteiger partial charge in [0.25, 0.3) is 5.56 Å². The SMILES string of the molecule is O=c1[nH]c(=O)n(-c2cccc(C(F)(F)F)c2)c(O)c1/C=C1/C(c2ccccc2)=Nc2ccccc21. The fourth-order valence-electron chi connectivity index (χ4n) is 3.94. The summed E-state index contributed by atoms with van der Waals surface area (Å²) in [6, 6.07) is 20.3. The maximum Gasteiger partial charge on any atom is 0.416 e. The maximum atomic E-state index is 13.2. The minimum Gasteiger partial charge on any atom is -0.494 e. The first kappa shape index (κ1) is 22.1. The first-order valence-electron chi connectivity index (χ1n) is 10.5. The van der Waals surface area contributed by atoms with Crippen molar-refractivity contribution in [1.29, 1.82) is 0 Å². The van der Waals surface area contributed by atoms with Crippen molar-refractivity contribution >= 4 is 23.0 Å². The summed E-state index contributed by atoms with van der Waals surface area (Å²) in [4.78, 5) is 32.0. The van der Waals surface area contributed by atoms with Crippen molar-refractivity contribution in [3.8, 4) is 11.6 Å². The van der Waals surface area contributed by atoms with Crippen LogP contribution in [0.4, 0.5) is 18.9 Å².